The third-order valence-corrected chi connectivity index (χ3v) is 4.52. The van der Waals surface area contributed by atoms with Crippen LogP contribution in [-0.4, -0.2) is 0 Å². The molecule has 0 bridgehead atoms. The van der Waals surface area contributed by atoms with E-state index in [0.29, 0.717) is 0 Å². The lowest BCUT2D eigenvalue weighted by atomic mass is 10.0. The molecule has 0 N–H and O–H groups in total. The number of aryl methyl sites for hydroxylation is 2. The monoisotopic (exact) mass is 312 g/mol. The van der Waals surface area contributed by atoms with Gasteiger partial charge in [-0.15, -0.1) is 0 Å². The predicted octanol–water partition coefficient (Wildman–Crippen LogP) is 6.80. The van der Waals surface area contributed by atoms with E-state index in [1.807, 2.05) is 0 Å². The molecule has 0 atom stereocenters. The quantitative estimate of drug-likeness (QED) is 0.381. The average Bonchev–Trinajstić information content (AvgIpc) is 2.67. The van der Waals surface area contributed by atoms with E-state index in [2.05, 4.69) is 98.8 Å². The van der Waals surface area contributed by atoms with Gasteiger partial charge in [0.25, 0.3) is 0 Å². The maximum absolute atomic E-state index is 2.20. The largest absolute Gasteiger partial charge is 0.0616 e. The van der Waals surface area contributed by atoms with Crippen LogP contribution < -0.4 is 0 Å². The molecule has 0 aliphatic carbocycles. The van der Waals surface area contributed by atoms with Crippen LogP contribution in [0.5, 0.6) is 0 Å². The average molecular weight is 312 g/mol. The summed E-state index contributed by atoms with van der Waals surface area (Å²) in [6, 6.07) is 30.0. The second kappa shape index (κ2) is 7.79. The first kappa shape index (κ1) is 16.3. The van der Waals surface area contributed by atoms with Gasteiger partial charge in [0.15, 0.2) is 0 Å². The first-order chi connectivity index (χ1) is 11.8. The minimum atomic E-state index is 1.11. The highest BCUT2D eigenvalue weighted by Crippen LogP contribution is 2.19. The molecule has 4 aromatic carbocycles. The number of hydrogen-bond donors (Lipinski definition) is 0. The summed E-state index contributed by atoms with van der Waals surface area (Å²) in [5, 5.41) is 5.47. The van der Waals surface area contributed by atoms with Crippen LogP contribution >= 0.6 is 0 Å². The van der Waals surface area contributed by atoms with Crippen molar-refractivity contribution in [2.24, 2.45) is 0 Å². The maximum atomic E-state index is 2.20. The summed E-state index contributed by atoms with van der Waals surface area (Å²) in [6.45, 7) is 4.39. The third-order valence-electron chi connectivity index (χ3n) is 4.52. The Morgan fingerprint density at radius 2 is 0.833 bits per heavy atom. The van der Waals surface area contributed by atoms with Crippen LogP contribution in [0.2, 0.25) is 0 Å². The summed E-state index contributed by atoms with van der Waals surface area (Å²) in [7, 11) is 0. The molecule has 0 fully saturated rings. The summed E-state index contributed by atoms with van der Waals surface area (Å²) >= 11 is 0. The van der Waals surface area contributed by atoms with Crippen LogP contribution in [0.1, 0.15) is 25.0 Å². The lowest BCUT2D eigenvalue weighted by Gasteiger charge is -2.02. The Balaban J connectivity index is 0.000000141. The fourth-order valence-corrected chi connectivity index (χ4v) is 3.20. The molecular formula is C24H24. The van der Waals surface area contributed by atoms with E-state index in [1.54, 1.807) is 0 Å². The molecule has 0 spiro atoms. The zero-order valence-electron chi connectivity index (χ0n) is 14.5. The molecule has 0 radical (unpaired) electrons. The van der Waals surface area contributed by atoms with Crippen molar-refractivity contribution in [2.45, 2.75) is 26.7 Å². The smallest absolute Gasteiger partial charge is 0.0152 e. The van der Waals surface area contributed by atoms with Crippen molar-refractivity contribution < 1.29 is 0 Å². The zero-order valence-corrected chi connectivity index (χ0v) is 14.5. The molecule has 0 heterocycles. The first-order valence-corrected chi connectivity index (χ1v) is 8.76. The van der Waals surface area contributed by atoms with E-state index in [-0.39, 0.29) is 0 Å². The van der Waals surface area contributed by atoms with Crippen molar-refractivity contribution in [2.75, 3.05) is 0 Å². The molecule has 0 nitrogen and oxygen atoms in total. The second-order valence-electron chi connectivity index (χ2n) is 5.98. The van der Waals surface area contributed by atoms with E-state index >= 15 is 0 Å². The molecule has 0 aliphatic heterocycles. The molecule has 0 unspecified atom stereocenters. The normalized spacial score (nSPS) is 10.4. The number of rotatable bonds is 2. The molecule has 120 valence electrons. The lowest BCUT2D eigenvalue weighted by molar-refractivity contribution is 1.16. The molecule has 0 saturated carbocycles. The van der Waals surface area contributed by atoms with Gasteiger partial charge in [-0.3, -0.25) is 0 Å². The van der Waals surface area contributed by atoms with Gasteiger partial charge in [0, 0.05) is 0 Å². The van der Waals surface area contributed by atoms with Gasteiger partial charge in [0.1, 0.15) is 0 Å². The fraction of sp³-hybridized carbons (Fsp3) is 0.167. The third kappa shape index (κ3) is 3.49. The van der Waals surface area contributed by atoms with Crippen molar-refractivity contribution >= 4 is 21.5 Å². The highest BCUT2D eigenvalue weighted by atomic mass is 14.0. The van der Waals surface area contributed by atoms with Crippen LogP contribution in [-0.2, 0) is 12.8 Å². The molecule has 0 aliphatic rings. The Labute approximate surface area is 144 Å². The van der Waals surface area contributed by atoms with E-state index in [0.717, 1.165) is 12.8 Å². The summed E-state index contributed by atoms with van der Waals surface area (Å²) in [5.74, 6) is 0. The number of hydrogen-bond acceptors (Lipinski definition) is 0. The molecule has 4 aromatic rings. The Morgan fingerprint density at radius 3 is 1.25 bits per heavy atom. The second-order valence-corrected chi connectivity index (χ2v) is 5.98. The van der Waals surface area contributed by atoms with Crippen LogP contribution in [0, 0.1) is 0 Å². The van der Waals surface area contributed by atoms with E-state index in [1.165, 1.54) is 32.7 Å². The van der Waals surface area contributed by atoms with Gasteiger partial charge in [-0.25, -0.2) is 0 Å². The highest BCUT2D eigenvalue weighted by Gasteiger charge is 1.96. The van der Waals surface area contributed by atoms with E-state index < -0.39 is 0 Å². The van der Waals surface area contributed by atoms with Crippen LogP contribution in [0.25, 0.3) is 21.5 Å². The first-order valence-electron chi connectivity index (χ1n) is 8.76. The molecule has 24 heavy (non-hydrogen) atoms. The molecule has 4 rings (SSSR count). The lowest BCUT2D eigenvalue weighted by Crippen LogP contribution is -1.81. The fourth-order valence-electron chi connectivity index (χ4n) is 3.20. The van der Waals surface area contributed by atoms with Crippen LogP contribution in [0.15, 0.2) is 84.9 Å². The number of fused-ring (bicyclic) bond motifs is 2. The maximum Gasteiger partial charge on any atom is -0.0152 e. The summed E-state index contributed by atoms with van der Waals surface area (Å²) < 4.78 is 0. The molecular weight excluding hydrogens is 288 g/mol. The van der Waals surface area contributed by atoms with Crippen molar-refractivity contribution in [1.29, 1.82) is 0 Å². The zero-order chi connectivity index (χ0) is 16.8. The highest BCUT2D eigenvalue weighted by molar-refractivity contribution is 5.86. The van der Waals surface area contributed by atoms with Crippen molar-refractivity contribution in [3.05, 3.63) is 96.1 Å². The van der Waals surface area contributed by atoms with E-state index in [4.69, 9.17) is 0 Å². The standard InChI is InChI=1S/2C12H12/c2*1-2-10-7-5-8-11-6-3-4-9-12(10)11/h2*3-9H,2H2,1H3. The summed E-state index contributed by atoms with van der Waals surface area (Å²) in [4.78, 5) is 0. The van der Waals surface area contributed by atoms with Crippen LogP contribution in [0.3, 0.4) is 0 Å². The minimum absolute atomic E-state index is 1.11. The summed E-state index contributed by atoms with van der Waals surface area (Å²) in [6.07, 6.45) is 2.22. The SMILES string of the molecule is CCc1cccc2ccccc12.CCc1cccc2ccccc12. The van der Waals surface area contributed by atoms with Crippen molar-refractivity contribution in [3.8, 4) is 0 Å². The van der Waals surface area contributed by atoms with Gasteiger partial charge in [-0.05, 0) is 45.5 Å². The van der Waals surface area contributed by atoms with Gasteiger partial charge >= 0.3 is 0 Å². The van der Waals surface area contributed by atoms with Gasteiger partial charge in [0.05, 0.1) is 0 Å². The van der Waals surface area contributed by atoms with Gasteiger partial charge in [0.2, 0.25) is 0 Å². The van der Waals surface area contributed by atoms with Gasteiger partial charge < -0.3 is 0 Å². The Hall–Kier alpha value is -2.60. The Morgan fingerprint density at radius 1 is 0.458 bits per heavy atom. The van der Waals surface area contributed by atoms with Gasteiger partial charge in [-0.1, -0.05) is 98.8 Å². The minimum Gasteiger partial charge on any atom is -0.0616 e. The number of benzene rings is 4. The molecule has 0 saturated heterocycles. The Kier molecular flexibility index (Phi) is 5.28. The summed E-state index contributed by atoms with van der Waals surface area (Å²) in [5.41, 5.74) is 2.88. The molecule has 0 amide bonds. The van der Waals surface area contributed by atoms with Crippen molar-refractivity contribution in [3.63, 3.8) is 0 Å². The van der Waals surface area contributed by atoms with Crippen molar-refractivity contribution in [1.82, 2.24) is 0 Å². The molecule has 0 heteroatoms. The molecule has 0 aromatic heterocycles. The topological polar surface area (TPSA) is 0 Å². The van der Waals surface area contributed by atoms with Gasteiger partial charge in [-0.2, -0.15) is 0 Å². The Bertz CT molecular complexity index is 845. The van der Waals surface area contributed by atoms with Crippen LogP contribution in [0.4, 0.5) is 0 Å². The predicted molar refractivity (Wildman–Crippen MR) is 107 cm³/mol. The van der Waals surface area contributed by atoms with E-state index in [9.17, 15) is 0 Å².